The standard InChI is InChI=1S/C8H9NO4S/c10-9-8(6-14(11,12)13)7-4-2-1-3-5-7/h1-5,10H,6H2,(H,11,12,13)/b9-8+. The van der Waals surface area contributed by atoms with Crippen molar-refractivity contribution < 1.29 is 18.2 Å². The molecule has 0 spiro atoms. The van der Waals surface area contributed by atoms with Gasteiger partial charge in [0.15, 0.2) is 0 Å². The molecule has 0 aromatic heterocycles. The first kappa shape index (κ1) is 10.7. The zero-order valence-electron chi connectivity index (χ0n) is 7.16. The van der Waals surface area contributed by atoms with Gasteiger partial charge in [-0.1, -0.05) is 35.5 Å². The van der Waals surface area contributed by atoms with E-state index in [0.29, 0.717) is 5.56 Å². The molecule has 76 valence electrons. The van der Waals surface area contributed by atoms with Crippen LogP contribution in [0.1, 0.15) is 5.56 Å². The molecule has 0 radical (unpaired) electrons. The van der Waals surface area contributed by atoms with Gasteiger partial charge in [-0.2, -0.15) is 8.42 Å². The number of oxime groups is 1. The van der Waals surface area contributed by atoms with Crippen molar-refractivity contribution in [1.82, 2.24) is 0 Å². The lowest BCUT2D eigenvalue weighted by atomic mass is 10.1. The Bertz CT molecular complexity index is 424. The molecule has 0 bridgehead atoms. The third-order valence-corrected chi connectivity index (χ3v) is 2.19. The monoisotopic (exact) mass is 215 g/mol. The van der Waals surface area contributed by atoms with Gasteiger partial charge in [-0.25, -0.2) is 0 Å². The average molecular weight is 215 g/mol. The molecule has 0 atom stereocenters. The maximum Gasteiger partial charge on any atom is 0.270 e. The van der Waals surface area contributed by atoms with Crippen LogP contribution in [0.15, 0.2) is 35.5 Å². The number of rotatable bonds is 3. The molecule has 5 nitrogen and oxygen atoms in total. The summed E-state index contributed by atoms with van der Waals surface area (Å²) < 4.78 is 29.6. The van der Waals surface area contributed by atoms with Crippen LogP contribution in [-0.4, -0.2) is 29.6 Å². The van der Waals surface area contributed by atoms with E-state index in [1.165, 1.54) is 0 Å². The van der Waals surface area contributed by atoms with Crippen molar-refractivity contribution in [3.8, 4) is 0 Å². The summed E-state index contributed by atoms with van der Waals surface area (Å²) in [5.74, 6) is -0.701. The normalized spacial score (nSPS) is 12.8. The van der Waals surface area contributed by atoms with Crippen molar-refractivity contribution in [2.45, 2.75) is 0 Å². The third-order valence-electron chi connectivity index (χ3n) is 1.55. The Morgan fingerprint density at radius 2 is 1.86 bits per heavy atom. The lowest BCUT2D eigenvalue weighted by Crippen LogP contribution is -2.16. The summed E-state index contributed by atoms with van der Waals surface area (Å²) in [5.41, 5.74) is 0.362. The first-order chi connectivity index (χ1) is 6.53. The van der Waals surface area contributed by atoms with Gasteiger partial charge in [0, 0.05) is 5.56 Å². The highest BCUT2D eigenvalue weighted by molar-refractivity contribution is 7.86. The zero-order chi connectivity index (χ0) is 10.6. The van der Waals surface area contributed by atoms with Gasteiger partial charge in [0.05, 0.1) is 0 Å². The van der Waals surface area contributed by atoms with E-state index in [9.17, 15) is 8.42 Å². The predicted octanol–water partition coefficient (Wildman–Crippen LogP) is 0.753. The first-order valence-electron chi connectivity index (χ1n) is 3.74. The quantitative estimate of drug-likeness (QED) is 0.337. The maximum absolute atomic E-state index is 10.5. The van der Waals surface area contributed by atoms with Gasteiger partial charge in [-0.05, 0) is 0 Å². The fraction of sp³-hybridized carbons (Fsp3) is 0.125. The summed E-state index contributed by atoms with van der Waals surface area (Å²) in [4.78, 5) is 0. The van der Waals surface area contributed by atoms with Gasteiger partial charge in [0.25, 0.3) is 10.1 Å². The molecule has 2 N–H and O–H groups in total. The third kappa shape index (κ3) is 3.15. The van der Waals surface area contributed by atoms with Crippen LogP contribution in [0.3, 0.4) is 0 Å². The van der Waals surface area contributed by atoms with Crippen molar-refractivity contribution in [3.63, 3.8) is 0 Å². The van der Waals surface area contributed by atoms with Crippen molar-refractivity contribution in [2.24, 2.45) is 5.16 Å². The Morgan fingerprint density at radius 1 is 1.29 bits per heavy atom. The first-order valence-corrected chi connectivity index (χ1v) is 5.35. The van der Waals surface area contributed by atoms with E-state index >= 15 is 0 Å². The van der Waals surface area contributed by atoms with Crippen LogP contribution in [0.5, 0.6) is 0 Å². The van der Waals surface area contributed by atoms with Gasteiger partial charge in [0.1, 0.15) is 11.5 Å². The number of hydrogen-bond donors (Lipinski definition) is 2. The molecule has 0 unspecified atom stereocenters. The summed E-state index contributed by atoms with van der Waals surface area (Å²) in [6.45, 7) is 0. The molecule has 1 aromatic rings. The molecule has 1 aromatic carbocycles. The summed E-state index contributed by atoms with van der Waals surface area (Å²) in [6, 6.07) is 8.25. The molecule has 14 heavy (non-hydrogen) atoms. The lowest BCUT2D eigenvalue weighted by Gasteiger charge is -2.01. The molecule has 0 saturated heterocycles. The highest BCUT2D eigenvalue weighted by Gasteiger charge is 2.13. The Balaban J connectivity index is 2.97. The van der Waals surface area contributed by atoms with E-state index in [4.69, 9.17) is 9.76 Å². The van der Waals surface area contributed by atoms with E-state index in [1.807, 2.05) is 0 Å². The van der Waals surface area contributed by atoms with Gasteiger partial charge in [-0.15, -0.1) is 0 Å². The number of benzene rings is 1. The van der Waals surface area contributed by atoms with Crippen LogP contribution >= 0.6 is 0 Å². The minimum Gasteiger partial charge on any atom is -0.411 e. The van der Waals surface area contributed by atoms with Gasteiger partial charge >= 0.3 is 0 Å². The van der Waals surface area contributed by atoms with E-state index < -0.39 is 15.9 Å². The Hall–Kier alpha value is -1.40. The largest absolute Gasteiger partial charge is 0.411 e. The molecular weight excluding hydrogens is 206 g/mol. The molecule has 0 aliphatic heterocycles. The molecule has 0 amide bonds. The zero-order valence-corrected chi connectivity index (χ0v) is 7.98. The molecule has 0 aliphatic rings. The Kier molecular flexibility index (Phi) is 3.21. The lowest BCUT2D eigenvalue weighted by molar-refractivity contribution is 0.319. The SMILES string of the molecule is O=S(=O)(O)C/C(=N\O)c1ccccc1. The average Bonchev–Trinajstić information content (AvgIpc) is 2.14. The highest BCUT2D eigenvalue weighted by Crippen LogP contribution is 2.02. The van der Waals surface area contributed by atoms with E-state index in [0.717, 1.165) is 0 Å². The van der Waals surface area contributed by atoms with E-state index in [1.54, 1.807) is 30.3 Å². The molecule has 0 heterocycles. The fourth-order valence-corrected chi connectivity index (χ4v) is 1.54. The van der Waals surface area contributed by atoms with Crippen LogP contribution in [0.25, 0.3) is 0 Å². The Labute approximate surface area is 81.4 Å². The number of nitrogens with zero attached hydrogens (tertiary/aromatic N) is 1. The second-order valence-corrected chi connectivity index (χ2v) is 4.09. The fourth-order valence-electron chi connectivity index (χ4n) is 0.973. The smallest absolute Gasteiger partial charge is 0.270 e. The predicted molar refractivity (Wildman–Crippen MR) is 51.2 cm³/mol. The molecule has 6 heteroatoms. The van der Waals surface area contributed by atoms with E-state index in [-0.39, 0.29) is 5.71 Å². The van der Waals surface area contributed by atoms with Crippen molar-refractivity contribution in [3.05, 3.63) is 35.9 Å². The van der Waals surface area contributed by atoms with Crippen molar-refractivity contribution >= 4 is 15.8 Å². The van der Waals surface area contributed by atoms with Gasteiger partial charge in [0.2, 0.25) is 0 Å². The Morgan fingerprint density at radius 3 is 2.29 bits per heavy atom. The van der Waals surface area contributed by atoms with Crippen LogP contribution in [0.2, 0.25) is 0 Å². The van der Waals surface area contributed by atoms with Crippen LogP contribution in [0, 0.1) is 0 Å². The van der Waals surface area contributed by atoms with Crippen molar-refractivity contribution in [2.75, 3.05) is 5.75 Å². The van der Waals surface area contributed by atoms with Crippen LogP contribution in [0.4, 0.5) is 0 Å². The minimum atomic E-state index is -4.17. The van der Waals surface area contributed by atoms with Gasteiger partial charge in [-0.3, -0.25) is 4.55 Å². The second kappa shape index (κ2) is 4.21. The molecular formula is C8H9NO4S. The van der Waals surface area contributed by atoms with Crippen LogP contribution < -0.4 is 0 Å². The number of hydrogen-bond acceptors (Lipinski definition) is 4. The minimum absolute atomic E-state index is 0.0897. The molecule has 0 saturated carbocycles. The maximum atomic E-state index is 10.5. The second-order valence-electron chi connectivity index (χ2n) is 2.64. The van der Waals surface area contributed by atoms with Crippen molar-refractivity contribution in [1.29, 1.82) is 0 Å². The topological polar surface area (TPSA) is 87.0 Å². The van der Waals surface area contributed by atoms with Gasteiger partial charge < -0.3 is 5.21 Å². The molecule has 1 rings (SSSR count). The summed E-state index contributed by atoms with van der Waals surface area (Å²) >= 11 is 0. The summed E-state index contributed by atoms with van der Waals surface area (Å²) in [7, 11) is -4.17. The van der Waals surface area contributed by atoms with E-state index in [2.05, 4.69) is 5.16 Å². The summed E-state index contributed by atoms with van der Waals surface area (Å²) in [6.07, 6.45) is 0. The summed E-state index contributed by atoms with van der Waals surface area (Å²) in [5, 5.41) is 11.4. The molecule has 0 fully saturated rings. The highest BCUT2D eigenvalue weighted by atomic mass is 32.2. The molecule has 0 aliphatic carbocycles. The van der Waals surface area contributed by atoms with Crippen LogP contribution in [-0.2, 0) is 10.1 Å².